The van der Waals surface area contributed by atoms with Crippen LogP contribution in [0.25, 0.3) is 0 Å². The van der Waals surface area contributed by atoms with Crippen LogP contribution in [0, 0.1) is 12.8 Å². The Labute approximate surface area is 117 Å². The molecule has 1 aromatic rings. The zero-order valence-corrected chi connectivity index (χ0v) is 12.2. The molecule has 6 heteroatoms. The van der Waals surface area contributed by atoms with Gasteiger partial charge in [-0.3, -0.25) is 4.79 Å². The summed E-state index contributed by atoms with van der Waals surface area (Å²) in [6, 6.07) is 7.94. The first kappa shape index (κ1) is 14.3. The highest BCUT2D eigenvalue weighted by atomic mass is 35.7. The molecule has 1 heterocycles. The van der Waals surface area contributed by atoms with E-state index in [2.05, 4.69) is 0 Å². The zero-order valence-electron chi connectivity index (χ0n) is 10.7. The van der Waals surface area contributed by atoms with Crippen LogP contribution in [0.3, 0.4) is 0 Å². The smallest absolute Gasteiger partial charge is 0.232 e. The fraction of sp³-hybridized carbons (Fsp3) is 0.462. The molecule has 0 aliphatic carbocycles. The third-order valence-electron chi connectivity index (χ3n) is 3.19. The highest BCUT2D eigenvalue weighted by Crippen LogP contribution is 2.22. The third kappa shape index (κ3) is 4.21. The molecule has 2 rings (SSSR count). The maximum atomic E-state index is 11.8. The summed E-state index contributed by atoms with van der Waals surface area (Å²) in [6.45, 7) is 2.98. The molecule has 0 spiro atoms. The van der Waals surface area contributed by atoms with Crippen LogP contribution in [0.1, 0.15) is 17.5 Å². The van der Waals surface area contributed by atoms with Gasteiger partial charge in [0.05, 0.1) is 5.75 Å². The molecule has 0 radical (unpaired) electrons. The highest BCUT2D eigenvalue weighted by molar-refractivity contribution is 8.13. The van der Waals surface area contributed by atoms with E-state index in [1.807, 2.05) is 31.2 Å². The van der Waals surface area contributed by atoms with Gasteiger partial charge in [-0.15, -0.1) is 0 Å². The molecule has 0 N–H and O–H groups in total. The van der Waals surface area contributed by atoms with E-state index in [-0.39, 0.29) is 24.0 Å². The molecule has 1 aliphatic rings. The third-order valence-corrected chi connectivity index (χ3v) is 4.43. The number of nitrogens with zero attached hydrogens (tertiary/aromatic N) is 1. The number of aryl methyl sites for hydroxylation is 1. The molecule has 1 unspecified atom stereocenters. The molecule has 1 saturated heterocycles. The van der Waals surface area contributed by atoms with Crippen molar-refractivity contribution in [2.75, 3.05) is 12.3 Å². The second kappa shape index (κ2) is 5.51. The number of hydrogen-bond donors (Lipinski definition) is 0. The number of carbonyl (C=O) groups is 1. The summed E-state index contributed by atoms with van der Waals surface area (Å²) >= 11 is 0. The van der Waals surface area contributed by atoms with Gasteiger partial charge in [-0.25, -0.2) is 8.42 Å². The first-order valence-corrected chi connectivity index (χ1v) is 8.57. The molecule has 19 heavy (non-hydrogen) atoms. The fourth-order valence-corrected chi connectivity index (χ4v) is 3.75. The molecule has 104 valence electrons. The largest absolute Gasteiger partial charge is 0.338 e. The average molecular weight is 302 g/mol. The Morgan fingerprint density at radius 1 is 1.42 bits per heavy atom. The Hall–Kier alpha value is -1.07. The molecule has 0 bridgehead atoms. The van der Waals surface area contributed by atoms with Crippen molar-refractivity contribution in [1.82, 2.24) is 4.90 Å². The monoisotopic (exact) mass is 301 g/mol. The van der Waals surface area contributed by atoms with Crippen molar-refractivity contribution < 1.29 is 13.2 Å². The van der Waals surface area contributed by atoms with E-state index >= 15 is 0 Å². The highest BCUT2D eigenvalue weighted by Gasteiger charge is 2.32. The quantitative estimate of drug-likeness (QED) is 0.798. The Morgan fingerprint density at radius 3 is 2.79 bits per heavy atom. The summed E-state index contributed by atoms with van der Waals surface area (Å²) in [5.41, 5.74) is 2.20. The number of benzene rings is 1. The topological polar surface area (TPSA) is 54.5 Å². The molecule has 4 nitrogen and oxygen atoms in total. The number of rotatable bonds is 4. The van der Waals surface area contributed by atoms with E-state index in [1.54, 1.807) is 4.90 Å². The first-order chi connectivity index (χ1) is 8.83. The van der Waals surface area contributed by atoms with Gasteiger partial charge in [0.25, 0.3) is 0 Å². The first-order valence-electron chi connectivity index (χ1n) is 6.09. The molecular formula is C13H16ClNO3S. The van der Waals surface area contributed by atoms with Crippen molar-refractivity contribution in [3.05, 3.63) is 35.4 Å². The van der Waals surface area contributed by atoms with E-state index in [0.717, 1.165) is 11.1 Å². The molecule has 0 saturated carbocycles. The molecule has 1 aliphatic heterocycles. The predicted molar refractivity (Wildman–Crippen MR) is 74.3 cm³/mol. The van der Waals surface area contributed by atoms with Gasteiger partial charge in [-0.2, -0.15) is 0 Å². The minimum atomic E-state index is -3.54. The molecule has 1 aromatic carbocycles. The molecular weight excluding hydrogens is 286 g/mol. The summed E-state index contributed by atoms with van der Waals surface area (Å²) < 4.78 is 22.1. The van der Waals surface area contributed by atoms with Crippen molar-refractivity contribution in [3.63, 3.8) is 0 Å². The van der Waals surface area contributed by atoms with Crippen molar-refractivity contribution in [2.45, 2.75) is 19.9 Å². The second-order valence-electron chi connectivity index (χ2n) is 5.04. The number of hydrogen-bond acceptors (Lipinski definition) is 3. The number of carbonyl (C=O) groups excluding carboxylic acids is 1. The molecule has 0 aromatic heterocycles. The van der Waals surface area contributed by atoms with Gasteiger partial charge in [0, 0.05) is 36.1 Å². The van der Waals surface area contributed by atoms with Crippen molar-refractivity contribution in [3.8, 4) is 0 Å². The van der Waals surface area contributed by atoms with Crippen LogP contribution in [0.4, 0.5) is 0 Å². The number of halogens is 1. The van der Waals surface area contributed by atoms with Gasteiger partial charge >= 0.3 is 0 Å². The van der Waals surface area contributed by atoms with Gasteiger partial charge in [-0.05, 0) is 12.5 Å². The van der Waals surface area contributed by atoms with E-state index in [9.17, 15) is 13.2 Å². The summed E-state index contributed by atoms with van der Waals surface area (Å²) in [6.07, 6.45) is 0.262. The average Bonchev–Trinajstić information content (AvgIpc) is 2.56. The maximum absolute atomic E-state index is 11.8. The summed E-state index contributed by atoms with van der Waals surface area (Å²) in [5.74, 6) is -0.337. The van der Waals surface area contributed by atoms with Crippen LogP contribution in [0.5, 0.6) is 0 Å². The maximum Gasteiger partial charge on any atom is 0.232 e. The van der Waals surface area contributed by atoms with Gasteiger partial charge in [0.2, 0.25) is 15.0 Å². The summed E-state index contributed by atoms with van der Waals surface area (Å²) in [7, 11) is 1.69. The van der Waals surface area contributed by atoms with Crippen LogP contribution >= 0.6 is 10.7 Å². The van der Waals surface area contributed by atoms with Crippen LogP contribution in [-0.2, 0) is 20.4 Å². The van der Waals surface area contributed by atoms with Gasteiger partial charge in [0.15, 0.2) is 0 Å². The Bertz CT molecular complexity index is 585. The second-order valence-corrected chi connectivity index (χ2v) is 7.86. The van der Waals surface area contributed by atoms with E-state index in [0.29, 0.717) is 13.1 Å². The van der Waals surface area contributed by atoms with Crippen molar-refractivity contribution >= 4 is 25.6 Å². The SMILES string of the molecule is Cc1cccc(CN2CC(CS(=O)(=O)Cl)CC2=O)c1. The molecule has 1 atom stereocenters. The predicted octanol–water partition coefficient (Wildman–Crippen LogP) is 1.91. The molecule has 1 amide bonds. The van der Waals surface area contributed by atoms with Gasteiger partial charge in [-0.1, -0.05) is 29.8 Å². The Kier molecular flexibility index (Phi) is 4.16. The normalized spacial score (nSPS) is 20.0. The minimum absolute atomic E-state index is 0.00757. The zero-order chi connectivity index (χ0) is 14.0. The van der Waals surface area contributed by atoms with Crippen LogP contribution < -0.4 is 0 Å². The van der Waals surface area contributed by atoms with Crippen LogP contribution in [-0.4, -0.2) is 31.5 Å². The standard InChI is InChI=1S/C13H16ClNO3S/c1-10-3-2-4-11(5-10)7-15-8-12(6-13(15)16)9-19(14,17)18/h2-5,12H,6-9H2,1H3. The minimum Gasteiger partial charge on any atom is -0.338 e. The van der Waals surface area contributed by atoms with Gasteiger partial charge < -0.3 is 4.90 Å². The lowest BCUT2D eigenvalue weighted by atomic mass is 10.1. The van der Waals surface area contributed by atoms with Crippen molar-refractivity contribution in [2.24, 2.45) is 5.92 Å². The number of likely N-dealkylation sites (tertiary alicyclic amines) is 1. The van der Waals surface area contributed by atoms with Gasteiger partial charge in [0.1, 0.15) is 0 Å². The lowest BCUT2D eigenvalue weighted by molar-refractivity contribution is -0.128. The number of amides is 1. The Morgan fingerprint density at radius 2 is 2.16 bits per heavy atom. The van der Waals surface area contributed by atoms with Crippen molar-refractivity contribution in [1.29, 1.82) is 0 Å². The lowest BCUT2D eigenvalue weighted by Gasteiger charge is -2.16. The van der Waals surface area contributed by atoms with Crippen LogP contribution in [0.15, 0.2) is 24.3 Å². The van der Waals surface area contributed by atoms with Crippen LogP contribution in [0.2, 0.25) is 0 Å². The van der Waals surface area contributed by atoms with E-state index in [1.165, 1.54) is 0 Å². The van der Waals surface area contributed by atoms with E-state index in [4.69, 9.17) is 10.7 Å². The fourth-order valence-electron chi connectivity index (χ4n) is 2.43. The van der Waals surface area contributed by atoms with E-state index < -0.39 is 9.05 Å². The Balaban J connectivity index is 2.01. The summed E-state index contributed by atoms with van der Waals surface area (Å²) in [5, 5.41) is 0. The summed E-state index contributed by atoms with van der Waals surface area (Å²) in [4.78, 5) is 13.5. The lowest BCUT2D eigenvalue weighted by Crippen LogP contribution is -2.25. The molecule has 1 fully saturated rings.